The molecule has 3 aromatic rings. The van der Waals surface area contributed by atoms with E-state index in [0.717, 1.165) is 57.5 Å². The lowest BCUT2D eigenvalue weighted by Crippen LogP contribution is -2.37. The van der Waals surface area contributed by atoms with Gasteiger partial charge in [-0.05, 0) is 73.9 Å². The molecule has 0 spiro atoms. The molecule has 2 saturated heterocycles. The van der Waals surface area contributed by atoms with Crippen molar-refractivity contribution in [3.8, 4) is 5.75 Å². The second kappa shape index (κ2) is 13.3. The summed E-state index contributed by atoms with van der Waals surface area (Å²) in [4.78, 5) is 28.5. The Morgan fingerprint density at radius 1 is 0.925 bits per heavy atom. The molecule has 3 aromatic carbocycles. The van der Waals surface area contributed by atoms with Crippen LogP contribution in [0.25, 0.3) is 0 Å². The zero-order valence-corrected chi connectivity index (χ0v) is 23.0. The van der Waals surface area contributed by atoms with Crippen LogP contribution in [0, 0.1) is 5.92 Å². The van der Waals surface area contributed by atoms with Gasteiger partial charge in [-0.1, -0.05) is 36.4 Å². The summed E-state index contributed by atoms with van der Waals surface area (Å²) in [7, 11) is 1.58. The minimum Gasteiger partial charge on any atom is -0.497 e. The molecule has 0 bridgehead atoms. The number of piperidine rings is 1. The Labute approximate surface area is 236 Å². The molecule has 210 valence electrons. The molecule has 3 amide bonds. The molecule has 8 heteroatoms. The maximum atomic E-state index is 13.4. The first-order valence-electron chi connectivity index (χ1n) is 14.1. The molecule has 0 saturated carbocycles. The van der Waals surface area contributed by atoms with Gasteiger partial charge in [-0.15, -0.1) is 0 Å². The molecule has 0 unspecified atom stereocenters. The molecule has 40 heavy (non-hydrogen) atoms. The summed E-state index contributed by atoms with van der Waals surface area (Å²) in [6, 6.07) is 23.0. The molecule has 8 nitrogen and oxygen atoms in total. The smallest absolute Gasteiger partial charge is 0.323 e. The molecule has 0 aliphatic carbocycles. The molecule has 3 N–H and O–H groups in total. The summed E-state index contributed by atoms with van der Waals surface area (Å²) in [5.74, 6) is 1.12. The van der Waals surface area contributed by atoms with Gasteiger partial charge in [0, 0.05) is 49.4 Å². The quantitative estimate of drug-likeness (QED) is 0.322. The monoisotopic (exact) mass is 542 g/mol. The molecular formula is C32H38N4O4. The molecule has 2 aliphatic heterocycles. The average molecular weight is 543 g/mol. The van der Waals surface area contributed by atoms with E-state index in [2.05, 4.69) is 51.2 Å². The molecule has 2 aliphatic rings. The highest BCUT2D eigenvalue weighted by molar-refractivity contribution is 6.04. The van der Waals surface area contributed by atoms with Crippen LogP contribution in [0.15, 0.2) is 72.8 Å². The Morgan fingerprint density at radius 3 is 2.42 bits per heavy atom. The second-order valence-electron chi connectivity index (χ2n) is 10.5. The fourth-order valence-corrected chi connectivity index (χ4v) is 5.50. The molecule has 0 radical (unpaired) electrons. The number of hydrogen-bond donors (Lipinski definition) is 3. The second-order valence-corrected chi connectivity index (χ2v) is 10.5. The van der Waals surface area contributed by atoms with Crippen LogP contribution in [-0.4, -0.2) is 51.4 Å². The van der Waals surface area contributed by atoms with Crippen LogP contribution in [0.4, 0.5) is 21.9 Å². The van der Waals surface area contributed by atoms with E-state index in [4.69, 9.17) is 9.47 Å². The Balaban J connectivity index is 1.28. The fourth-order valence-electron chi connectivity index (χ4n) is 5.50. The Bertz CT molecular complexity index is 1290. The van der Waals surface area contributed by atoms with Crippen LogP contribution in [0.3, 0.4) is 0 Å². The van der Waals surface area contributed by atoms with Gasteiger partial charge in [-0.25, -0.2) is 4.79 Å². The maximum Gasteiger partial charge on any atom is 0.323 e. The average Bonchev–Trinajstić information content (AvgIpc) is 3.51. The number of anilines is 3. The molecule has 1 atom stereocenters. The van der Waals surface area contributed by atoms with E-state index in [-0.39, 0.29) is 12.0 Å². The van der Waals surface area contributed by atoms with Crippen LogP contribution in [0.1, 0.15) is 41.6 Å². The number of nitrogens with one attached hydrogen (secondary N) is 3. The Hall–Kier alpha value is -4.04. The van der Waals surface area contributed by atoms with E-state index in [9.17, 15) is 9.59 Å². The zero-order valence-electron chi connectivity index (χ0n) is 23.0. The lowest BCUT2D eigenvalue weighted by Gasteiger charge is -2.35. The summed E-state index contributed by atoms with van der Waals surface area (Å²) in [6.45, 7) is 2.98. The number of benzene rings is 3. The highest BCUT2D eigenvalue weighted by atomic mass is 16.5. The summed E-state index contributed by atoms with van der Waals surface area (Å²) in [5, 5.41) is 8.75. The highest BCUT2D eigenvalue weighted by Crippen LogP contribution is 2.30. The summed E-state index contributed by atoms with van der Waals surface area (Å²) in [6.07, 6.45) is 5.23. The topological polar surface area (TPSA) is 91.9 Å². The standard InChI is InChI=1S/C32H38N4O4/c1-39-27-10-5-9-25(20-27)34-32(38)35-26-12-13-30(29(21-26)31(37)33-22-28-11-6-18-40-28)36-16-14-24(15-17-36)19-23-7-3-2-4-8-23/h2-5,7-10,12-13,20-21,24,28H,6,11,14-19,22H2,1H3,(H,33,37)(H2,34,35,38)/t28-/m1/s1. The largest absolute Gasteiger partial charge is 0.497 e. The van der Waals surface area contributed by atoms with Gasteiger partial charge in [-0.3, -0.25) is 4.79 Å². The van der Waals surface area contributed by atoms with Gasteiger partial charge in [0.15, 0.2) is 0 Å². The van der Waals surface area contributed by atoms with E-state index in [1.807, 2.05) is 24.3 Å². The maximum absolute atomic E-state index is 13.4. The van der Waals surface area contributed by atoms with Crippen LogP contribution in [0.2, 0.25) is 0 Å². The number of hydrogen-bond acceptors (Lipinski definition) is 5. The SMILES string of the molecule is COc1cccc(NC(=O)Nc2ccc(N3CCC(Cc4ccccc4)CC3)c(C(=O)NC[C@H]3CCCO3)c2)c1. The zero-order chi connectivity index (χ0) is 27.7. The number of ether oxygens (including phenoxy) is 2. The van der Waals surface area contributed by atoms with Crippen molar-refractivity contribution in [3.63, 3.8) is 0 Å². The predicted molar refractivity (Wildman–Crippen MR) is 158 cm³/mol. The van der Waals surface area contributed by atoms with Crippen molar-refractivity contribution in [1.82, 2.24) is 5.32 Å². The first kappa shape index (κ1) is 27.5. The Morgan fingerprint density at radius 2 is 1.70 bits per heavy atom. The van der Waals surface area contributed by atoms with E-state index in [0.29, 0.717) is 35.2 Å². The number of urea groups is 1. The van der Waals surface area contributed by atoms with Gasteiger partial charge < -0.3 is 30.3 Å². The molecule has 2 heterocycles. The number of rotatable bonds is 9. The number of nitrogens with zero attached hydrogens (tertiary/aromatic N) is 1. The van der Waals surface area contributed by atoms with Gasteiger partial charge in [0.1, 0.15) is 5.75 Å². The van der Waals surface area contributed by atoms with Crippen LogP contribution in [0.5, 0.6) is 5.75 Å². The third-order valence-corrected chi connectivity index (χ3v) is 7.66. The van der Waals surface area contributed by atoms with E-state index >= 15 is 0 Å². The van der Waals surface area contributed by atoms with Crippen LogP contribution >= 0.6 is 0 Å². The van der Waals surface area contributed by atoms with Crippen molar-refractivity contribution < 1.29 is 19.1 Å². The van der Waals surface area contributed by atoms with Gasteiger partial charge in [0.05, 0.1) is 18.8 Å². The fraction of sp³-hybridized carbons (Fsp3) is 0.375. The first-order valence-corrected chi connectivity index (χ1v) is 14.1. The van der Waals surface area contributed by atoms with Crippen LogP contribution < -0.4 is 25.6 Å². The van der Waals surface area contributed by atoms with Gasteiger partial charge in [0.2, 0.25) is 0 Å². The van der Waals surface area contributed by atoms with E-state index < -0.39 is 6.03 Å². The lowest BCUT2D eigenvalue weighted by atomic mass is 9.89. The molecular weight excluding hydrogens is 504 g/mol. The van der Waals surface area contributed by atoms with Crippen molar-refractivity contribution in [1.29, 1.82) is 0 Å². The van der Waals surface area contributed by atoms with E-state index in [1.165, 1.54) is 5.56 Å². The summed E-state index contributed by atoms with van der Waals surface area (Å²) < 4.78 is 10.9. The third kappa shape index (κ3) is 7.33. The minimum absolute atomic E-state index is 0.0519. The van der Waals surface area contributed by atoms with E-state index in [1.54, 1.807) is 25.3 Å². The summed E-state index contributed by atoms with van der Waals surface area (Å²) in [5.41, 5.74) is 3.98. The molecule has 2 fully saturated rings. The predicted octanol–water partition coefficient (Wildman–Crippen LogP) is 5.71. The Kier molecular flexibility index (Phi) is 9.18. The molecule has 0 aromatic heterocycles. The van der Waals surface area contributed by atoms with Gasteiger partial charge in [0.25, 0.3) is 5.91 Å². The van der Waals surface area contributed by atoms with Gasteiger partial charge in [-0.2, -0.15) is 0 Å². The third-order valence-electron chi connectivity index (χ3n) is 7.66. The first-order chi connectivity index (χ1) is 19.6. The summed E-state index contributed by atoms with van der Waals surface area (Å²) >= 11 is 0. The molecule has 5 rings (SSSR count). The van der Waals surface area contributed by atoms with Crippen molar-refractivity contribution >= 4 is 29.0 Å². The lowest BCUT2D eigenvalue weighted by molar-refractivity contribution is 0.0858. The van der Waals surface area contributed by atoms with Crippen molar-refractivity contribution in [2.45, 2.75) is 38.2 Å². The van der Waals surface area contributed by atoms with Gasteiger partial charge >= 0.3 is 6.03 Å². The number of carbonyl (C=O) groups is 2. The van der Waals surface area contributed by atoms with Crippen molar-refractivity contribution in [3.05, 3.63) is 83.9 Å². The number of carbonyl (C=O) groups excluding carboxylic acids is 2. The minimum atomic E-state index is -0.395. The van der Waals surface area contributed by atoms with Crippen molar-refractivity contribution in [2.24, 2.45) is 5.92 Å². The highest BCUT2D eigenvalue weighted by Gasteiger charge is 2.25. The van der Waals surface area contributed by atoms with Crippen molar-refractivity contribution in [2.75, 3.05) is 48.9 Å². The normalized spacial score (nSPS) is 17.3. The number of methoxy groups -OCH3 is 1. The number of amides is 3. The van der Waals surface area contributed by atoms with Crippen LogP contribution in [-0.2, 0) is 11.2 Å².